The van der Waals surface area contributed by atoms with Crippen LogP contribution in [0.25, 0.3) is 0 Å². The van der Waals surface area contributed by atoms with Crippen molar-refractivity contribution in [1.29, 1.82) is 0 Å². The Kier molecular flexibility index (Phi) is 4.14. The molecule has 0 amide bonds. The van der Waals surface area contributed by atoms with Gasteiger partial charge in [-0.1, -0.05) is 0 Å². The van der Waals surface area contributed by atoms with Crippen molar-refractivity contribution in [3.05, 3.63) is 0 Å². The second kappa shape index (κ2) is 4.80. The van der Waals surface area contributed by atoms with Crippen LogP contribution in [0.15, 0.2) is 0 Å². The van der Waals surface area contributed by atoms with Gasteiger partial charge in [-0.2, -0.15) is 0 Å². The third kappa shape index (κ3) is 4.49. The highest BCUT2D eigenvalue weighted by Gasteiger charge is 2.27. The molecule has 3 atom stereocenters. The first-order chi connectivity index (χ1) is 6.78. The smallest absolute Gasteiger partial charge is 0.148 e. The highest BCUT2D eigenvalue weighted by molar-refractivity contribution is 7.90. The molecule has 1 rings (SSSR count). The van der Waals surface area contributed by atoms with Crippen molar-refractivity contribution in [2.24, 2.45) is 0 Å². The molecule has 1 N–H and O–H groups in total. The Morgan fingerprint density at radius 1 is 1.53 bits per heavy atom. The van der Waals surface area contributed by atoms with Crippen molar-refractivity contribution in [2.75, 3.05) is 25.6 Å². The van der Waals surface area contributed by atoms with Crippen LogP contribution >= 0.6 is 0 Å². The molecule has 0 aromatic heterocycles. The maximum Gasteiger partial charge on any atom is 0.148 e. The van der Waals surface area contributed by atoms with Crippen LogP contribution in [0.3, 0.4) is 0 Å². The van der Waals surface area contributed by atoms with E-state index in [1.165, 1.54) is 6.26 Å². The molecule has 4 nitrogen and oxygen atoms in total. The number of sulfone groups is 1. The standard InChI is InChI=1S/C10H22N2O2S/c1-8(7-15(4,13)14)11-10-5-9(2)12(3)6-10/h8-11H,5-7H2,1-4H3. The van der Waals surface area contributed by atoms with Crippen molar-refractivity contribution in [1.82, 2.24) is 10.2 Å². The second-order valence-corrected chi connectivity index (χ2v) is 7.07. The lowest BCUT2D eigenvalue weighted by molar-refractivity contribution is 0.325. The predicted molar refractivity (Wildman–Crippen MR) is 62.8 cm³/mol. The van der Waals surface area contributed by atoms with Gasteiger partial charge in [-0.25, -0.2) is 8.42 Å². The monoisotopic (exact) mass is 234 g/mol. The largest absolute Gasteiger partial charge is 0.309 e. The first kappa shape index (κ1) is 12.9. The third-order valence-electron chi connectivity index (χ3n) is 2.96. The van der Waals surface area contributed by atoms with Crippen molar-refractivity contribution in [3.63, 3.8) is 0 Å². The maximum absolute atomic E-state index is 11.1. The molecule has 1 fully saturated rings. The van der Waals surface area contributed by atoms with Gasteiger partial charge in [0.1, 0.15) is 9.84 Å². The van der Waals surface area contributed by atoms with E-state index in [1.54, 1.807) is 0 Å². The van der Waals surface area contributed by atoms with Crippen molar-refractivity contribution in [2.45, 2.75) is 38.4 Å². The lowest BCUT2D eigenvalue weighted by Gasteiger charge is -2.18. The van der Waals surface area contributed by atoms with Crippen LogP contribution in [0.1, 0.15) is 20.3 Å². The Hall–Kier alpha value is -0.130. The summed E-state index contributed by atoms with van der Waals surface area (Å²) in [6, 6.07) is 1.07. The minimum absolute atomic E-state index is 0.0451. The van der Waals surface area contributed by atoms with Gasteiger partial charge in [-0.3, -0.25) is 0 Å². The molecule has 0 bridgehead atoms. The highest BCUT2D eigenvalue weighted by atomic mass is 32.2. The number of nitrogens with zero attached hydrogens (tertiary/aromatic N) is 1. The average molecular weight is 234 g/mol. The molecular formula is C10H22N2O2S. The Bertz CT molecular complexity index is 293. The molecule has 1 aliphatic heterocycles. The Labute approximate surface area is 93.0 Å². The lowest BCUT2D eigenvalue weighted by atomic mass is 10.2. The summed E-state index contributed by atoms with van der Waals surface area (Å²) in [4.78, 5) is 2.30. The molecule has 1 saturated heterocycles. The van der Waals surface area contributed by atoms with E-state index in [0.717, 1.165) is 13.0 Å². The average Bonchev–Trinajstić information content (AvgIpc) is 2.26. The predicted octanol–water partition coefficient (Wildman–Crippen LogP) is 0.102. The highest BCUT2D eigenvalue weighted by Crippen LogP contribution is 2.15. The molecule has 15 heavy (non-hydrogen) atoms. The Morgan fingerprint density at radius 2 is 2.13 bits per heavy atom. The fraction of sp³-hybridized carbons (Fsp3) is 1.00. The molecule has 90 valence electrons. The molecule has 0 aromatic carbocycles. The second-order valence-electron chi connectivity index (χ2n) is 4.88. The maximum atomic E-state index is 11.1. The molecule has 0 aliphatic carbocycles. The van der Waals surface area contributed by atoms with Crippen molar-refractivity contribution < 1.29 is 8.42 Å². The van der Waals surface area contributed by atoms with E-state index >= 15 is 0 Å². The van der Waals surface area contributed by atoms with Gasteiger partial charge in [-0.05, 0) is 27.3 Å². The van der Waals surface area contributed by atoms with Crippen LogP contribution in [-0.4, -0.2) is 57.0 Å². The number of hydrogen-bond donors (Lipinski definition) is 1. The molecule has 1 heterocycles. The Balaban J connectivity index is 2.37. The van der Waals surface area contributed by atoms with Gasteiger partial charge in [0.05, 0.1) is 5.75 Å². The van der Waals surface area contributed by atoms with E-state index < -0.39 is 9.84 Å². The van der Waals surface area contributed by atoms with Crippen LogP contribution in [0.5, 0.6) is 0 Å². The van der Waals surface area contributed by atoms with E-state index in [9.17, 15) is 8.42 Å². The molecule has 5 heteroatoms. The molecular weight excluding hydrogens is 212 g/mol. The van der Waals surface area contributed by atoms with Gasteiger partial charge >= 0.3 is 0 Å². The number of hydrogen-bond acceptors (Lipinski definition) is 4. The first-order valence-electron chi connectivity index (χ1n) is 5.42. The van der Waals surface area contributed by atoms with Crippen LogP contribution in [0.2, 0.25) is 0 Å². The van der Waals surface area contributed by atoms with E-state index in [1.807, 2.05) is 6.92 Å². The summed E-state index contributed by atoms with van der Waals surface area (Å²) >= 11 is 0. The number of likely N-dealkylation sites (tertiary alicyclic amines) is 1. The normalized spacial score (nSPS) is 30.7. The minimum atomic E-state index is -2.87. The van der Waals surface area contributed by atoms with Gasteiger partial charge in [0.25, 0.3) is 0 Å². The summed E-state index contributed by atoms with van der Waals surface area (Å²) in [5.41, 5.74) is 0. The van der Waals surface area contributed by atoms with Crippen LogP contribution in [0, 0.1) is 0 Å². The van der Waals surface area contributed by atoms with Crippen LogP contribution in [-0.2, 0) is 9.84 Å². The van der Waals surface area contributed by atoms with Crippen molar-refractivity contribution >= 4 is 9.84 Å². The van der Waals surface area contributed by atoms with Gasteiger partial charge in [-0.15, -0.1) is 0 Å². The summed E-state index contributed by atoms with van der Waals surface area (Å²) in [5, 5.41) is 3.38. The van der Waals surface area contributed by atoms with Gasteiger partial charge < -0.3 is 10.2 Å². The number of rotatable bonds is 4. The third-order valence-corrected chi connectivity index (χ3v) is 4.06. The summed E-state index contributed by atoms with van der Waals surface area (Å²) in [6.45, 7) is 5.14. The topological polar surface area (TPSA) is 49.4 Å². The molecule has 1 aliphatic rings. The van der Waals surface area contributed by atoms with Crippen molar-refractivity contribution in [3.8, 4) is 0 Å². The first-order valence-corrected chi connectivity index (χ1v) is 7.48. The number of likely N-dealkylation sites (N-methyl/N-ethyl adjacent to an activating group) is 1. The quantitative estimate of drug-likeness (QED) is 0.749. The minimum Gasteiger partial charge on any atom is -0.309 e. The summed E-state index contributed by atoms with van der Waals surface area (Å²) in [7, 11) is -0.763. The van der Waals surface area contributed by atoms with Crippen LogP contribution in [0.4, 0.5) is 0 Å². The molecule has 0 spiro atoms. The molecule has 0 saturated carbocycles. The SMILES string of the molecule is CC(CS(C)(=O)=O)NC1CC(C)N(C)C1. The fourth-order valence-electron chi connectivity index (χ4n) is 2.22. The van der Waals surface area contributed by atoms with Gasteiger partial charge in [0, 0.05) is 30.9 Å². The zero-order valence-corrected chi connectivity index (χ0v) is 10.8. The van der Waals surface area contributed by atoms with Gasteiger partial charge in [0.2, 0.25) is 0 Å². The summed E-state index contributed by atoms with van der Waals surface area (Å²) in [5.74, 6) is 0.224. The molecule has 0 radical (unpaired) electrons. The Morgan fingerprint density at radius 3 is 2.53 bits per heavy atom. The summed E-state index contributed by atoms with van der Waals surface area (Å²) in [6.07, 6.45) is 2.39. The van der Waals surface area contributed by atoms with Gasteiger partial charge in [0.15, 0.2) is 0 Å². The fourth-order valence-corrected chi connectivity index (χ4v) is 3.22. The van der Waals surface area contributed by atoms with E-state index in [4.69, 9.17) is 0 Å². The molecule has 3 unspecified atom stereocenters. The van der Waals surface area contributed by atoms with Crippen LogP contribution < -0.4 is 5.32 Å². The summed E-state index contributed by atoms with van der Waals surface area (Å²) < 4.78 is 22.2. The number of nitrogens with one attached hydrogen (secondary N) is 1. The zero-order chi connectivity index (χ0) is 11.6. The zero-order valence-electron chi connectivity index (χ0n) is 10.0. The van der Waals surface area contributed by atoms with E-state index in [-0.39, 0.29) is 11.8 Å². The molecule has 0 aromatic rings. The van der Waals surface area contributed by atoms with E-state index in [2.05, 4.69) is 24.2 Å². The van der Waals surface area contributed by atoms with E-state index in [0.29, 0.717) is 12.1 Å². The lowest BCUT2D eigenvalue weighted by Crippen LogP contribution is -2.41.